The Labute approximate surface area is 160 Å². The summed E-state index contributed by atoms with van der Waals surface area (Å²) >= 11 is 0. The zero-order chi connectivity index (χ0) is 18.7. The number of rotatable bonds is 5. The van der Waals surface area contributed by atoms with Crippen molar-refractivity contribution in [2.45, 2.75) is 38.1 Å². The van der Waals surface area contributed by atoms with Gasteiger partial charge in [0.05, 0.1) is 19.1 Å². The van der Waals surface area contributed by atoms with Crippen molar-refractivity contribution in [2.75, 3.05) is 45.9 Å². The second-order valence-corrected chi connectivity index (χ2v) is 8.18. The molecular formula is C20H29N5O2. The van der Waals surface area contributed by atoms with E-state index in [4.69, 9.17) is 9.26 Å². The van der Waals surface area contributed by atoms with Crippen LogP contribution in [0.2, 0.25) is 0 Å². The van der Waals surface area contributed by atoms with Crippen molar-refractivity contribution in [3.05, 3.63) is 30.4 Å². The van der Waals surface area contributed by atoms with E-state index in [0.29, 0.717) is 11.7 Å². The number of nitrogens with zero attached hydrogens (tertiary/aromatic N) is 5. The van der Waals surface area contributed by atoms with Crippen LogP contribution in [-0.2, 0) is 4.74 Å². The van der Waals surface area contributed by atoms with Gasteiger partial charge in [0.25, 0.3) is 0 Å². The molecule has 4 rings (SSSR count). The van der Waals surface area contributed by atoms with Crippen molar-refractivity contribution >= 4 is 0 Å². The van der Waals surface area contributed by atoms with E-state index in [0.717, 1.165) is 70.2 Å². The average Bonchev–Trinajstić information content (AvgIpc) is 3.20. The molecule has 0 saturated carbocycles. The van der Waals surface area contributed by atoms with Crippen molar-refractivity contribution in [3.63, 3.8) is 0 Å². The van der Waals surface area contributed by atoms with Gasteiger partial charge in [-0.05, 0) is 45.4 Å². The molecule has 0 N–H and O–H groups in total. The van der Waals surface area contributed by atoms with Gasteiger partial charge in [0, 0.05) is 49.7 Å². The molecule has 0 radical (unpaired) electrons. The van der Waals surface area contributed by atoms with Crippen molar-refractivity contribution in [1.82, 2.24) is 24.9 Å². The predicted molar refractivity (Wildman–Crippen MR) is 102 cm³/mol. The summed E-state index contributed by atoms with van der Waals surface area (Å²) in [5.41, 5.74) is 1.04. The third-order valence-electron chi connectivity index (χ3n) is 5.69. The van der Waals surface area contributed by atoms with Gasteiger partial charge >= 0.3 is 0 Å². The van der Waals surface area contributed by atoms with E-state index in [-0.39, 0.29) is 5.54 Å². The van der Waals surface area contributed by atoms with Crippen LogP contribution in [0.15, 0.2) is 29.0 Å². The largest absolute Gasteiger partial charge is 0.379 e. The third kappa shape index (κ3) is 4.36. The van der Waals surface area contributed by atoms with Crippen molar-refractivity contribution < 1.29 is 9.26 Å². The Morgan fingerprint density at radius 1 is 1.22 bits per heavy atom. The standard InChI is InChI=1S/C20H29N5O2/c1-20(2,25-9-11-26-12-10-25)15-24-8-4-6-17(14-24)19-22-18(23-27-19)16-5-3-7-21-13-16/h3,5,7,13,17H,4,6,8-12,14-15H2,1-2H3/t17-/m1/s1. The summed E-state index contributed by atoms with van der Waals surface area (Å²) in [6.45, 7) is 11.6. The van der Waals surface area contributed by atoms with Gasteiger partial charge in [-0.1, -0.05) is 5.16 Å². The predicted octanol–water partition coefficient (Wildman–Crippen LogP) is 2.42. The van der Waals surface area contributed by atoms with E-state index < -0.39 is 0 Å². The molecule has 0 bridgehead atoms. The molecule has 27 heavy (non-hydrogen) atoms. The summed E-state index contributed by atoms with van der Waals surface area (Å²) in [4.78, 5) is 13.9. The number of morpholine rings is 1. The number of piperidine rings is 1. The molecule has 0 spiro atoms. The maximum absolute atomic E-state index is 5.61. The van der Waals surface area contributed by atoms with Crippen LogP contribution < -0.4 is 0 Å². The van der Waals surface area contributed by atoms with Gasteiger partial charge in [-0.2, -0.15) is 4.98 Å². The van der Waals surface area contributed by atoms with E-state index >= 15 is 0 Å². The normalized spacial score (nSPS) is 22.8. The fraction of sp³-hybridized carbons (Fsp3) is 0.650. The lowest BCUT2D eigenvalue weighted by Crippen LogP contribution is -2.56. The fourth-order valence-corrected chi connectivity index (χ4v) is 4.23. The lowest BCUT2D eigenvalue weighted by molar-refractivity contribution is -0.0245. The number of ether oxygens (including phenoxy) is 1. The number of aromatic nitrogens is 3. The minimum Gasteiger partial charge on any atom is -0.379 e. The highest BCUT2D eigenvalue weighted by molar-refractivity contribution is 5.51. The first-order chi connectivity index (χ1) is 13.1. The van der Waals surface area contributed by atoms with E-state index in [2.05, 4.69) is 38.8 Å². The van der Waals surface area contributed by atoms with Gasteiger partial charge in [0.1, 0.15) is 0 Å². The molecule has 2 aliphatic rings. The molecule has 0 unspecified atom stereocenters. The molecule has 2 saturated heterocycles. The van der Waals surface area contributed by atoms with Gasteiger partial charge < -0.3 is 14.2 Å². The lowest BCUT2D eigenvalue weighted by atomic mass is 9.94. The van der Waals surface area contributed by atoms with Crippen LogP contribution in [-0.4, -0.2) is 76.4 Å². The third-order valence-corrected chi connectivity index (χ3v) is 5.69. The van der Waals surface area contributed by atoms with Crippen LogP contribution in [0, 0.1) is 0 Å². The van der Waals surface area contributed by atoms with Gasteiger partial charge in [0.2, 0.25) is 11.7 Å². The SMILES string of the molecule is CC(C)(CN1CCC[C@@H](c2nc(-c3cccnc3)no2)C1)N1CCOCC1. The Balaban J connectivity index is 1.40. The minimum absolute atomic E-state index is 0.140. The first-order valence-electron chi connectivity index (χ1n) is 9.91. The molecule has 2 fully saturated rings. The smallest absolute Gasteiger partial charge is 0.231 e. The summed E-state index contributed by atoms with van der Waals surface area (Å²) in [5, 5.41) is 4.17. The van der Waals surface area contributed by atoms with Gasteiger partial charge in [-0.15, -0.1) is 0 Å². The molecule has 2 aliphatic heterocycles. The molecule has 1 atom stereocenters. The highest BCUT2D eigenvalue weighted by Crippen LogP contribution is 2.29. The van der Waals surface area contributed by atoms with Gasteiger partial charge in [-0.3, -0.25) is 9.88 Å². The summed E-state index contributed by atoms with van der Waals surface area (Å²) in [5.74, 6) is 1.68. The van der Waals surface area contributed by atoms with E-state index in [1.165, 1.54) is 0 Å². The Morgan fingerprint density at radius 2 is 2.07 bits per heavy atom. The Morgan fingerprint density at radius 3 is 2.85 bits per heavy atom. The first kappa shape index (κ1) is 18.5. The molecular weight excluding hydrogens is 342 g/mol. The molecule has 2 aromatic rings. The second kappa shape index (κ2) is 8.04. The molecule has 146 valence electrons. The Kier molecular flexibility index (Phi) is 5.52. The van der Waals surface area contributed by atoms with Crippen LogP contribution in [0.25, 0.3) is 11.4 Å². The van der Waals surface area contributed by atoms with E-state index in [9.17, 15) is 0 Å². The molecule has 7 nitrogen and oxygen atoms in total. The number of hydrogen-bond acceptors (Lipinski definition) is 7. The summed E-state index contributed by atoms with van der Waals surface area (Å²) in [6.07, 6.45) is 5.78. The summed E-state index contributed by atoms with van der Waals surface area (Å²) in [6, 6.07) is 3.85. The Bertz CT molecular complexity index is 727. The highest BCUT2D eigenvalue weighted by atomic mass is 16.5. The van der Waals surface area contributed by atoms with Crippen molar-refractivity contribution in [3.8, 4) is 11.4 Å². The van der Waals surface area contributed by atoms with Crippen molar-refractivity contribution in [2.24, 2.45) is 0 Å². The van der Waals surface area contributed by atoms with Crippen LogP contribution in [0.3, 0.4) is 0 Å². The first-order valence-corrected chi connectivity index (χ1v) is 9.91. The fourth-order valence-electron chi connectivity index (χ4n) is 4.23. The number of likely N-dealkylation sites (tertiary alicyclic amines) is 1. The maximum atomic E-state index is 5.61. The van der Waals surface area contributed by atoms with Gasteiger partial charge in [-0.25, -0.2) is 0 Å². The monoisotopic (exact) mass is 371 g/mol. The average molecular weight is 371 g/mol. The summed E-state index contributed by atoms with van der Waals surface area (Å²) < 4.78 is 11.1. The van der Waals surface area contributed by atoms with Gasteiger partial charge in [0.15, 0.2) is 0 Å². The highest BCUT2D eigenvalue weighted by Gasteiger charge is 2.33. The maximum Gasteiger partial charge on any atom is 0.231 e. The Hall–Kier alpha value is -1.83. The quantitative estimate of drug-likeness (QED) is 0.799. The molecule has 7 heteroatoms. The number of hydrogen-bond donors (Lipinski definition) is 0. The zero-order valence-electron chi connectivity index (χ0n) is 16.3. The minimum atomic E-state index is 0.140. The number of pyridine rings is 1. The molecule has 0 amide bonds. The van der Waals surface area contributed by atoms with E-state index in [1.807, 2.05) is 12.1 Å². The second-order valence-electron chi connectivity index (χ2n) is 8.18. The van der Waals surface area contributed by atoms with E-state index in [1.54, 1.807) is 12.4 Å². The zero-order valence-corrected chi connectivity index (χ0v) is 16.3. The molecule has 0 aliphatic carbocycles. The van der Waals surface area contributed by atoms with Crippen molar-refractivity contribution in [1.29, 1.82) is 0 Å². The summed E-state index contributed by atoms with van der Waals surface area (Å²) in [7, 11) is 0. The molecule has 0 aromatic carbocycles. The topological polar surface area (TPSA) is 67.5 Å². The van der Waals surface area contributed by atoms with Crippen LogP contribution in [0.5, 0.6) is 0 Å². The molecule has 4 heterocycles. The molecule has 2 aromatic heterocycles. The van der Waals surface area contributed by atoms with Crippen LogP contribution in [0.1, 0.15) is 38.5 Å². The lowest BCUT2D eigenvalue weighted by Gasteiger charge is -2.45. The van der Waals surface area contributed by atoms with Crippen LogP contribution in [0.4, 0.5) is 0 Å². The van der Waals surface area contributed by atoms with Crippen LogP contribution >= 0.6 is 0 Å².